The van der Waals surface area contributed by atoms with Crippen molar-refractivity contribution in [3.05, 3.63) is 52.8 Å². The number of rotatable bonds is 2. The SMILES string of the molecule is Cc1cc(N)c(Cl)cc1N1CCCC1c1ccncc1. The number of aromatic nitrogens is 1. The minimum absolute atomic E-state index is 0.399. The number of pyridine rings is 1. The average Bonchev–Trinajstić information content (AvgIpc) is 2.93. The van der Waals surface area contributed by atoms with Gasteiger partial charge in [-0.1, -0.05) is 11.6 Å². The molecule has 0 spiro atoms. The van der Waals surface area contributed by atoms with Gasteiger partial charge in [-0.15, -0.1) is 0 Å². The van der Waals surface area contributed by atoms with E-state index in [-0.39, 0.29) is 0 Å². The minimum atomic E-state index is 0.399. The Balaban J connectivity index is 1.99. The summed E-state index contributed by atoms with van der Waals surface area (Å²) < 4.78 is 0. The molecular formula is C16H18ClN3. The molecule has 1 aromatic heterocycles. The lowest BCUT2D eigenvalue weighted by atomic mass is 10.0. The van der Waals surface area contributed by atoms with E-state index in [4.69, 9.17) is 17.3 Å². The van der Waals surface area contributed by atoms with Crippen LogP contribution in [0, 0.1) is 6.92 Å². The van der Waals surface area contributed by atoms with Crippen LogP contribution in [0.2, 0.25) is 5.02 Å². The summed E-state index contributed by atoms with van der Waals surface area (Å²) in [4.78, 5) is 6.53. The summed E-state index contributed by atoms with van der Waals surface area (Å²) in [5, 5.41) is 0.631. The topological polar surface area (TPSA) is 42.1 Å². The highest BCUT2D eigenvalue weighted by Gasteiger charge is 2.27. The Hall–Kier alpha value is -1.74. The van der Waals surface area contributed by atoms with Crippen LogP contribution in [0.1, 0.15) is 30.0 Å². The van der Waals surface area contributed by atoms with Crippen molar-refractivity contribution < 1.29 is 0 Å². The lowest BCUT2D eigenvalue weighted by Crippen LogP contribution is -2.23. The van der Waals surface area contributed by atoms with Crippen LogP contribution in [-0.2, 0) is 0 Å². The third-order valence-electron chi connectivity index (χ3n) is 3.97. The van der Waals surface area contributed by atoms with Crippen molar-refractivity contribution in [2.24, 2.45) is 0 Å². The second-order valence-electron chi connectivity index (χ2n) is 5.29. The fourth-order valence-corrected chi connectivity index (χ4v) is 3.15. The van der Waals surface area contributed by atoms with Gasteiger partial charge in [0.1, 0.15) is 0 Å². The van der Waals surface area contributed by atoms with Crippen molar-refractivity contribution >= 4 is 23.0 Å². The Morgan fingerprint density at radius 3 is 2.80 bits per heavy atom. The highest BCUT2D eigenvalue weighted by Crippen LogP contribution is 2.39. The summed E-state index contributed by atoms with van der Waals surface area (Å²) in [6.45, 7) is 3.14. The number of nitrogen functional groups attached to an aromatic ring is 1. The molecule has 2 aromatic rings. The van der Waals surface area contributed by atoms with E-state index in [2.05, 4.69) is 28.9 Å². The van der Waals surface area contributed by atoms with Crippen LogP contribution in [0.4, 0.5) is 11.4 Å². The summed E-state index contributed by atoms with van der Waals surface area (Å²) in [6, 6.07) is 8.54. The van der Waals surface area contributed by atoms with Crippen LogP contribution >= 0.6 is 11.6 Å². The minimum Gasteiger partial charge on any atom is -0.398 e. The van der Waals surface area contributed by atoms with E-state index in [1.165, 1.54) is 23.2 Å². The molecule has 0 amide bonds. The van der Waals surface area contributed by atoms with E-state index in [0.29, 0.717) is 16.8 Å². The molecule has 0 radical (unpaired) electrons. The zero-order valence-corrected chi connectivity index (χ0v) is 12.3. The molecule has 1 aliphatic heterocycles. The normalized spacial score (nSPS) is 18.5. The number of anilines is 2. The molecule has 1 saturated heterocycles. The van der Waals surface area contributed by atoms with Gasteiger partial charge in [0.25, 0.3) is 0 Å². The molecule has 4 heteroatoms. The number of hydrogen-bond acceptors (Lipinski definition) is 3. The van der Waals surface area contributed by atoms with E-state index in [9.17, 15) is 0 Å². The maximum atomic E-state index is 6.20. The summed E-state index contributed by atoms with van der Waals surface area (Å²) in [5.41, 5.74) is 10.2. The van der Waals surface area contributed by atoms with E-state index in [1.807, 2.05) is 24.5 Å². The molecule has 3 rings (SSSR count). The highest BCUT2D eigenvalue weighted by atomic mass is 35.5. The molecule has 2 N–H and O–H groups in total. The van der Waals surface area contributed by atoms with Gasteiger partial charge in [0.2, 0.25) is 0 Å². The second-order valence-corrected chi connectivity index (χ2v) is 5.70. The van der Waals surface area contributed by atoms with Gasteiger partial charge >= 0.3 is 0 Å². The molecule has 1 aromatic carbocycles. The number of halogens is 1. The summed E-state index contributed by atoms with van der Waals surface area (Å²) in [6.07, 6.45) is 6.06. The number of hydrogen-bond donors (Lipinski definition) is 1. The first-order valence-electron chi connectivity index (χ1n) is 6.89. The monoisotopic (exact) mass is 287 g/mol. The van der Waals surface area contributed by atoms with Gasteiger partial charge < -0.3 is 10.6 Å². The van der Waals surface area contributed by atoms with Crippen LogP contribution in [0.25, 0.3) is 0 Å². The Morgan fingerprint density at radius 1 is 1.30 bits per heavy atom. The molecule has 20 heavy (non-hydrogen) atoms. The van der Waals surface area contributed by atoms with Crippen molar-refractivity contribution in [3.8, 4) is 0 Å². The Bertz CT molecular complexity index is 613. The highest BCUT2D eigenvalue weighted by molar-refractivity contribution is 6.33. The predicted molar refractivity (Wildman–Crippen MR) is 84.2 cm³/mol. The second kappa shape index (κ2) is 5.33. The Morgan fingerprint density at radius 2 is 2.05 bits per heavy atom. The summed E-state index contributed by atoms with van der Waals surface area (Å²) in [5.74, 6) is 0. The van der Waals surface area contributed by atoms with Crippen molar-refractivity contribution in [3.63, 3.8) is 0 Å². The molecule has 1 fully saturated rings. The molecule has 3 nitrogen and oxygen atoms in total. The van der Waals surface area contributed by atoms with Gasteiger partial charge in [0, 0.05) is 24.6 Å². The number of nitrogens with zero attached hydrogens (tertiary/aromatic N) is 2. The molecule has 0 bridgehead atoms. The quantitative estimate of drug-likeness (QED) is 0.850. The summed E-state index contributed by atoms with van der Waals surface area (Å²) >= 11 is 6.20. The van der Waals surface area contributed by atoms with Crippen molar-refractivity contribution in [1.82, 2.24) is 4.98 Å². The van der Waals surface area contributed by atoms with Gasteiger partial charge in [0.15, 0.2) is 0 Å². The molecular weight excluding hydrogens is 270 g/mol. The third-order valence-corrected chi connectivity index (χ3v) is 4.30. The van der Waals surface area contributed by atoms with E-state index < -0.39 is 0 Å². The lowest BCUT2D eigenvalue weighted by Gasteiger charge is -2.29. The van der Waals surface area contributed by atoms with Crippen LogP contribution in [0.3, 0.4) is 0 Å². The predicted octanol–water partition coefficient (Wildman–Crippen LogP) is 3.97. The van der Waals surface area contributed by atoms with Crippen LogP contribution < -0.4 is 10.6 Å². The molecule has 0 aliphatic carbocycles. The fraction of sp³-hybridized carbons (Fsp3) is 0.312. The van der Waals surface area contributed by atoms with Gasteiger partial charge in [-0.2, -0.15) is 0 Å². The number of aryl methyl sites for hydroxylation is 1. The van der Waals surface area contributed by atoms with Gasteiger partial charge in [-0.05, 0) is 55.2 Å². The van der Waals surface area contributed by atoms with Crippen LogP contribution in [0.15, 0.2) is 36.7 Å². The molecule has 0 saturated carbocycles. The lowest BCUT2D eigenvalue weighted by molar-refractivity contribution is 0.716. The van der Waals surface area contributed by atoms with Gasteiger partial charge in [0.05, 0.1) is 16.8 Å². The molecule has 1 aliphatic rings. The average molecular weight is 288 g/mol. The maximum absolute atomic E-state index is 6.20. The van der Waals surface area contributed by atoms with Gasteiger partial charge in [-0.3, -0.25) is 4.98 Å². The molecule has 2 heterocycles. The van der Waals surface area contributed by atoms with E-state index in [1.54, 1.807) is 0 Å². The first-order chi connectivity index (χ1) is 9.66. The first kappa shape index (κ1) is 13.3. The van der Waals surface area contributed by atoms with E-state index >= 15 is 0 Å². The first-order valence-corrected chi connectivity index (χ1v) is 7.27. The largest absolute Gasteiger partial charge is 0.398 e. The molecule has 1 unspecified atom stereocenters. The zero-order chi connectivity index (χ0) is 14.1. The van der Waals surface area contributed by atoms with E-state index in [0.717, 1.165) is 13.0 Å². The van der Waals surface area contributed by atoms with Crippen LogP contribution in [0.5, 0.6) is 0 Å². The fourth-order valence-electron chi connectivity index (χ4n) is 2.99. The standard InChI is InChI=1S/C16H18ClN3/c1-11-9-14(18)13(17)10-16(11)20-8-2-3-15(20)12-4-6-19-7-5-12/h4-7,9-10,15H,2-3,8,18H2,1H3. The van der Waals surface area contributed by atoms with Crippen molar-refractivity contribution in [1.29, 1.82) is 0 Å². The smallest absolute Gasteiger partial charge is 0.0656 e. The Labute approximate surface area is 124 Å². The number of nitrogens with two attached hydrogens (primary N) is 1. The molecule has 104 valence electrons. The van der Waals surface area contributed by atoms with Gasteiger partial charge in [-0.25, -0.2) is 0 Å². The third kappa shape index (κ3) is 2.34. The maximum Gasteiger partial charge on any atom is 0.0656 e. The number of benzene rings is 1. The van der Waals surface area contributed by atoms with Crippen molar-refractivity contribution in [2.75, 3.05) is 17.2 Å². The summed E-state index contributed by atoms with van der Waals surface area (Å²) in [7, 11) is 0. The van der Waals surface area contributed by atoms with Crippen LogP contribution in [-0.4, -0.2) is 11.5 Å². The zero-order valence-electron chi connectivity index (χ0n) is 11.5. The molecule has 1 atom stereocenters. The Kier molecular flexibility index (Phi) is 3.53. The van der Waals surface area contributed by atoms with Crippen molar-refractivity contribution in [2.45, 2.75) is 25.8 Å².